The van der Waals surface area contributed by atoms with Gasteiger partial charge in [-0.2, -0.15) is 0 Å². The van der Waals surface area contributed by atoms with Crippen molar-refractivity contribution in [2.45, 2.75) is 32.9 Å². The van der Waals surface area contributed by atoms with Crippen molar-refractivity contribution in [2.75, 3.05) is 33.3 Å². The third kappa shape index (κ3) is 3.83. The molecule has 1 atom stereocenters. The highest BCUT2D eigenvalue weighted by Crippen LogP contribution is 2.20. The molecule has 1 fully saturated rings. The highest BCUT2D eigenvalue weighted by atomic mass is 16.5. The molecule has 116 valence electrons. The second-order valence-corrected chi connectivity index (χ2v) is 5.55. The Labute approximate surface area is 127 Å². The summed E-state index contributed by atoms with van der Waals surface area (Å²) >= 11 is 0. The van der Waals surface area contributed by atoms with Crippen molar-refractivity contribution in [3.63, 3.8) is 0 Å². The first kappa shape index (κ1) is 16.0. The van der Waals surface area contributed by atoms with Crippen LogP contribution in [0.4, 0.5) is 0 Å². The summed E-state index contributed by atoms with van der Waals surface area (Å²) in [7, 11) is 1.44. The van der Waals surface area contributed by atoms with Gasteiger partial charge in [0.25, 0.3) is 0 Å². The zero-order chi connectivity index (χ0) is 15.2. The number of nitrogens with zero attached hydrogens (tertiary/aromatic N) is 2. The minimum atomic E-state index is -0.245. The molecule has 0 aromatic heterocycles. The van der Waals surface area contributed by atoms with E-state index < -0.39 is 0 Å². The van der Waals surface area contributed by atoms with E-state index in [2.05, 4.69) is 23.6 Å². The maximum Gasteiger partial charge on any atom is 0.338 e. The number of likely N-dealkylation sites (tertiary alicyclic amines) is 1. The normalized spacial score (nSPS) is 19.1. The van der Waals surface area contributed by atoms with Crippen LogP contribution in [0, 0.1) is 0 Å². The molecule has 0 spiro atoms. The van der Waals surface area contributed by atoms with Crippen molar-refractivity contribution < 1.29 is 9.53 Å². The molecule has 0 N–H and O–H groups in total. The summed E-state index contributed by atoms with van der Waals surface area (Å²) in [4.78, 5) is 16.8. The molecule has 1 saturated heterocycles. The number of hydrogen-bond donors (Lipinski definition) is 0. The number of hydrogen-bond acceptors (Lipinski definition) is 4. The maximum atomic E-state index is 11.8. The minimum Gasteiger partial charge on any atom is -0.465 e. The van der Waals surface area contributed by atoms with Crippen molar-refractivity contribution in [1.29, 1.82) is 0 Å². The van der Waals surface area contributed by atoms with Gasteiger partial charge < -0.3 is 4.74 Å². The predicted octanol–water partition coefficient (Wildman–Crippen LogP) is 2.39. The summed E-state index contributed by atoms with van der Waals surface area (Å²) in [5.41, 5.74) is 1.75. The van der Waals surface area contributed by atoms with Crippen LogP contribution in [0.25, 0.3) is 0 Å². The third-order valence-corrected chi connectivity index (χ3v) is 4.39. The van der Waals surface area contributed by atoms with E-state index in [0.717, 1.165) is 38.3 Å². The lowest BCUT2D eigenvalue weighted by Crippen LogP contribution is -2.37. The molecule has 1 aliphatic heterocycles. The fourth-order valence-electron chi connectivity index (χ4n) is 3.20. The first-order valence-electron chi connectivity index (χ1n) is 7.82. The van der Waals surface area contributed by atoms with E-state index in [4.69, 9.17) is 4.74 Å². The number of carbonyl (C=O) groups excluding carboxylic acids is 1. The van der Waals surface area contributed by atoms with Gasteiger partial charge in [0.1, 0.15) is 0 Å². The number of esters is 1. The number of benzene rings is 1. The summed E-state index contributed by atoms with van der Waals surface area (Å²) in [5.74, 6) is -0.245. The number of ether oxygens (including phenoxy) is 1. The van der Waals surface area contributed by atoms with Crippen molar-refractivity contribution >= 4 is 5.97 Å². The van der Waals surface area contributed by atoms with Crippen LogP contribution >= 0.6 is 0 Å². The Kier molecular flexibility index (Phi) is 5.76. The van der Waals surface area contributed by atoms with Gasteiger partial charge in [-0.1, -0.05) is 32.0 Å². The lowest BCUT2D eigenvalue weighted by molar-refractivity contribution is 0.0598. The van der Waals surface area contributed by atoms with Gasteiger partial charge >= 0.3 is 5.97 Å². The Bertz CT molecular complexity index is 472. The van der Waals surface area contributed by atoms with Gasteiger partial charge in [-0.05, 0) is 31.1 Å². The van der Waals surface area contributed by atoms with E-state index in [1.54, 1.807) is 0 Å². The number of rotatable bonds is 6. The van der Waals surface area contributed by atoms with Crippen LogP contribution in [0.1, 0.15) is 36.2 Å². The van der Waals surface area contributed by atoms with Crippen molar-refractivity contribution in [3.8, 4) is 0 Å². The molecule has 1 aromatic rings. The Morgan fingerprint density at radius 3 is 2.71 bits per heavy atom. The molecular weight excluding hydrogens is 264 g/mol. The third-order valence-electron chi connectivity index (χ3n) is 4.39. The molecule has 0 radical (unpaired) electrons. The Hall–Kier alpha value is -1.39. The van der Waals surface area contributed by atoms with Crippen LogP contribution in [-0.2, 0) is 11.3 Å². The van der Waals surface area contributed by atoms with Crippen LogP contribution in [-0.4, -0.2) is 55.1 Å². The first-order chi connectivity index (χ1) is 10.2. The molecule has 4 nitrogen and oxygen atoms in total. The number of methoxy groups -OCH3 is 1. The molecule has 1 unspecified atom stereocenters. The fraction of sp³-hybridized carbons (Fsp3) is 0.588. The van der Waals surface area contributed by atoms with Crippen molar-refractivity contribution in [3.05, 3.63) is 35.4 Å². The number of carbonyl (C=O) groups is 1. The molecule has 1 heterocycles. The monoisotopic (exact) mass is 290 g/mol. The molecule has 1 aromatic carbocycles. The summed E-state index contributed by atoms with van der Waals surface area (Å²) in [6.45, 7) is 9.65. The standard InChI is InChI=1S/C17H26N2O2/c1-4-19(5-2)15-10-11-18(13-15)12-14-8-6-7-9-16(14)17(20)21-3/h6-9,15H,4-5,10-13H2,1-3H3. The van der Waals surface area contributed by atoms with Gasteiger partial charge in [-0.25, -0.2) is 4.79 Å². The van der Waals surface area contributed by atoms with E-state index >= 15 is 0 Å². The second kappa shape index (κ2) is 7.57. The Morgan fingerprint density at radius 1 is 1.33 bits per heavy atom. The van der Waals surface area contributed by atoms with Crippen LogP contribution in [0.5, 0.6) is 0 Å². The minimum absolute atomic E-state index is 0.245. The topological polar surface area (TPSA) is 32.8 Å². The largest absolute Gasteiger partial charge is 0.465 e. The van der Waals surface area contributed by atoms with Gasteiger partial charge in [0.2, 0.25) is 0 Å². The highest BCUT2D eigenvalue weighted by Gasteiger charge is 2.26. The lowest BCUT2D eigenvalue weighted by atomic mass is 10.1. The number of likely N-dealkylation sites (N-methyl/N-ethyl adjacent to an activating group) is 1. The van der Waals surface area contributed by atoms with E-state index in [-0.39, 0.29) is 5.97 Å². The van der Waals surface area contributed by atoms with Crippen molar-refractivity contribution in [1.82, 2.24) is 9.80 Å². The Morgan fingerprint density at radius 2 is 2.05 bits per heavy atom. The predicted molar refractivity (Wildman–Crippen MR) is 84.4 cm³/mol. The van der Waals surface area contributed by atoms with E-state index in [1.165, 1.54) is 13.5 Å². The molecular formula is C17H26N2O2. The van der Waals surface area contributed by atoms with Crippen LogP contribution in [0.3, 0.4) is 0 Å². The molecule has 2 rings (SSSR count). The molecule has 0 amide bonds. The molecule has 4 heteroatoms. The second-order valence-electron chi connectivity index (χ2n) is 5.55. The first-order valence-corrected chi connectivity index (χ1v) is 7.82. The summed E-state index contributed by atoms with van der Waals surface area (Å²) in [5, 5.41) is 0. The van der Waals surface area contributed by atoms with Gasteiger partial charge in [-0.15, -0.1) is 0 Å². The summed E-state index contributed by atoms with van der Waals surface area (Å²) in [6, 6.07) is 8.39. The van der Waals surface area contributed by atoms with E-state index in [9.17, 15) is 4.79 Å². The van der Waals surface area contributed by atoms with Crippen LogP contribution < -0.4 is 0 Å². The Balaban J connectivity index is 2.02. The average Bonchev–Trinajstić information content (AvgIpc) is 2.97. The van der Waals surface area contributed by atoms with Gasteiger partial charge in [-0.3, -0.25) is 9.80 Å². The quantitative estimate of drug-likeness (QED) is 0.753. The summed E-state index contributed by atoms with van der Waals surface area (Å²) in [6.07, 6.45) is 1.21. The maximum absolute atomic E-state index is 11.8. The van der Waals surface area contributed by atoms with E-state index in [0.29, 0.717) is 11.6 Å². The SMILES string of the molecule is CCN(CC)C1CCN(Cc2ccccc2C(=O)OC)C1. The van der Waals surface area contributed by atoms with Gasteiger partial charge in [0.15, 0.2) is 0 Å². The van der Waals surface area contributed by atoms with Crippen LogP contribution in [0.15, 0.2) is 24.3 Å². The lowest BCUT2D eigenvalue weighted by Gasteiger charge is -2.26. The zero-order valence-electron chi connectivity index (χ0n) is 13.3. The van der Waals surface area contributed by atoms with Gasteiger partial charge in [0.05, 0.1) is 12.7 Å². The molecule has 0 saturated carbocycles. The molecule has 0 bridgehead atoms. The molecule has 0 aliphatic carbocycles. The van der Waals surface area contributed by atoms with Crippen LogP contribution in [0.2, 0.25) is 0 Å². The highest BCUT2D eigenvalue weighted by molar-refractivity contribution is 5.90. The zero-order valence-corrected chi connectivity index (χ0v) is 13.3. The summed E-state index contributed by atoms with van der Waals surface area (Å²) < 4.78 is 4.87. The smallest absolute Gasteiger partial charge is 0.338 e. The van der Waals surface area contributed by atoms with Crippen molar-refractivity contribution in [2.24, 2.45) is 0 Å². The molecule has 1 aliphatic rings. The fourth-order valence-corrected chi connectivity index (χ4v) is 3.20. The van der Waals surface area contributed by atoms with Gasteiger partial charge in [0, 0.05) is 25.7 Å². The van der Waals surface area contributed by atoms with E-state index in [1.807, 2.05) is 24.3 Å². The molecule has 21 heavy (non-hydrogen) atoms. The average molecular weight is 290 g/mol.